The molecule has 5 nitrogen and oxygen atoms in total. The first-order valence-corrected chi connectivity index (χ1v) is 9.35. The van der Waals surface area contributed by atoms with E-state index in [0.717, 1.165) is 29.2 Å². The zero-order valence-corrected chi connectivity index (χ0v) is 15.7. The lowest BCUT2D eigenvalue weighted by Gasteiger charge is -2.07. The van der Waals surface area contributed by atoms with Gasteiger partial charge in [0.1, 0.15) is 16.3 Å². The van der Waals surface area contributed by atoms with Crippen LogP contribution in [0.2, 0.25) is 0 Å². The maximum absolute atomic E-state index is 12.7. The van der Waals surface area contributed by atoms with Gasteiger partial charge in [-0.1, -0.05) is 42.1 Å². The number of amides is 1. The second-order valence-electron chi connectivity index (χ2n) is 5.94. The first-order chi connectivity index (χ1) is 12.7. The highest BCUT2D eigenvalue weighted by molar-refractivity contribution is 7.08. The van der Waals surface area contributed by atoms with Gasteiger partial charge in [-0.25, -0.2) is 0 Å². The highest BCUT2D eigenvalue weighted by Gasteiger charge is 2.18. The minimum atomic E-state index is -0.209. The van der Waals surface area contributed by atoms with Gasteiger partial charge >= 0.3 is 0 Å². The normalized spacial score (nSPS) is 10.5. The summed E-state index contributed by atoms with van der Waals surface area (Å²) in [5.41, 5.74) is 3.41. The quantitative estimate of drug-likeness (QED) is 0.651. The van der Waals surface area contributed by atoms with Crippen molar-refractivity contribution in [3.05, 3.63) is 59.0 Å². The monoisotopic (exact) mass is 367 g/mol. The second-order valence-corrected chi connectivity index (χ2v) is 6.69. The molecule has 0 saturated heterocycles. The Bertz CT molecular complexity index is 875. The van der Waals surface area contributed by atoms with Gasteiger partial charge in [0.2, 0.25) is 0 Å². The summed E-state index contributed by atoms with van der Waals surface area (Å²) < 4.78 is 9.20. The minimum absolute atomic E-state index is 0.209. The minimum Gasteiger partial charge on any atom is -0.497 e. The number of hydrogen-bond donors (Lipinski definition) is 1. The zero-order chi connectivity index (χ0) is 18.4. The second kappa shape index (κ2) is 8.58. The van der Waals surface area contributed by atoms with Gasteiger partial charge in [-0.15, -0.1) is 5.10 Å². The molecule has 0 atom stereocenters. The van der Waals surface area contributed by atoms with Crippen molar-refractivity contribution >= 4 is 23.1 Å². The standard InChI is InChI=1S/C20H21N3O2S/c1-3-4-6-14-9-11-16(12-10-14)21-20(24)19-18(22-23-26-19)15-7-5-8-17(13-15)25-2/h5,7-13H,3-4,6H2,1-2H3,(H,21,24). The first kappa shape index (κ1) is 18.1. The van der Waals surface area contributed by atoms with Gasteiger partial charge in [-0.2, -0.15) is 0 Å². The average Bonchev–Trinajstić information content (AvgIpc) is 3.17. The van der Waals surface area contributed by atoms with Gasteiger partial charge in [0, 0.05) is 11.3 Å². The van der Waals surface area contributed by atoms with E-state index in [1.54, 1.807) is 7.11 Å². The number of nitrogens with zero attached hydrogens (tertiary/aromatic N) is 2. The van der Waals surface area contributed by atoms with Crippen LogP contribution in [-0.4, -0.2) is 22.6 Å². The number of carbonyl (C=O) groups excluding carboxylic acids is 1. The van der Waals surface area contributed by atoms with Gasteiger partial charge in [-0.05, 0) is 54.2 Å². The lowest BCUT2D eigenvalue weighted by molar-refractivity contribution is 0.103. The van der Waals surface area contributed by atoms with Crippen LogP contribution >= 0.6 is 11.5 Å². The zero-order valence-electron chi connectivity index (χ0n) is 14.9. The molecule has 1 amide bonds. The summed E-state index contributed by atoms with van der Waals surface area (Å²) in [6, 6.07) is 15.4. The van der Waals surface area contributed by atoms with Gasteiger partial charge in [-0.3, -0.25) is 4.79 Å². The van der Waals surface area contributed by atoms with E-state index < -0.39 is 0 Å². The van der Waals surface area contributed by atoms with Crippen LogP contribution in [0.25, 0.3) is 11.3 Å². The summed E-state index contributed by atoms with van der Waals surface area (Å²) in [7, 11) is 1.61. The molecule has 3 aromatic rings. The third-order valence-corrected chi connectivity index (χ3v) is 4.79. The summed E-state index contributed by atoms with van der Waals surface area (Å²) in [6.45, 7) is 2.18. The number of rotatable bonds is 7. The van der Waals surface area contributed by atoms with Crippen LogP contribution in [0.1, 0.15) is 35.0 Å². The molecule has 1 aromatic heterocycles. The summed E-state index contributed by atoms with van der Waals surface area (Å²) >= 11 is 1.09. The van der Waals surface area contributed by atoms with Crippen LogP contribution in [-0.2, 0) is 6.42 Å². The Hall–Kier alpha value is -2.73. The van der Waals surface area contributed by atoms with Crippen molar-refractivity contribution in [3.8, 4) is 17.0 Å². The molecule has 0 spiro atoms. The fourth-order valence-electron chi connectivity index (χ4n) is 2.62. The van der Waals surface area contributed by atoms with E-state index in [-0.39, 0.29) is 5.91 Å². The highest BCUT2D eigenvalue weighted by atomic mass is 32.1. The van der Waals surface area contributed by atoms with Crippen molar-refractivity contribution in [1.29, 1.82) is 0 Å². The fraction of sp³-hybridized carbons (Fsp3) is 0.250. The molecule has 26 heavy (non-hydrogen) atoms. The Kier molecular flexibility index (Phi) is 5.96. The van der Waals surface area contributed by atoms with E-state index >= 15 is 0 Å². The van der Waals surface area contributed by atoms with Crippen molar-refractivity contribution < 1.29 is 9.53 Å². The number of carbonyl (C=O) groups is 1. The fourth-order valence-corrected chi connectivity index (χ4v) is 3.21. The maximum atomic E-state index is 12.7. The Labute approximate surface area is 157 Å². The molecule has 0 aliphatic rings. The smallest absolute Gasteiger partial charge is 0.269 e. The van der Waals surface area contributed by atoms with Gasteiger partial charge < -0.3 is 10.1 Å². The van der Waals surface area contributed by atoms with E-state index in [9.17, 15) is 4.79 Å². The van der Waals surface area contributed by atoms with Crippen LogP contribution in [0.3, 0.4) is 0 Å². The molecule has 0 saturated carbocycles. The third kappa shape index (κ3) is 4.26. The van der Waals surface area contributed by atoms with E-state index in [0.29, 0.717) is 16.3 Å². The van der Waals surface area contributed by atoms with Crippen LogP contribution < -0.4 is 10.1 Å². The number of anilines is 1. The molecular formula is C20H21N3O2S. The molecule has 3 rings (SSSR count). The SMILES string of the molecule is CCCCc1ccc(NC(=O)c2snnc2-c2cccc(OC)c2)cc1. The summed E-state index contributed by atoms with van der Waals surface area (Å²) in [6.07, 6.45) is 3.40. The molecule has 6 heteroatoms. The topological polar surface area (TPSA) is 64.1 Å². The largest absolute Gasteiger partial charge is 0.497 e. The van der Waals surface area contributed by atoms with E-state index in [1.165, 1.54) is 18.4 Å². The maximum Gasteiger partial charge on any atom is 0.269 e. The molecular weight excluding hydrogens is 346 g/mol. The van der Waals surface area contributed by atoms with Gasteiger partial charge in [0.25, 0.3) is 5.91 Å². The Morgan fingerprint density at radius 1 is 1.19 bits per heavy atom. The number of unbranched alkanes of at least 4 members (excludes halogenated alkanes) is 1. The number of nitrogens with one attached hydrogen (secondary N) is 1. The van der Waals surface area contributed by atoms with E-state index in [2.05, 4.69) is 34.0 Å². The summed E-state index contributed by atoms with van der Waals surface area (Å²) in [4.78, 5) is 13.1. The van der Waals surface area contributed by atoms with E-state index in [4.69, 9.17) is 4.74 Å². The molecule has 0 radical (unpaired) electrons. The predicted molar refractivity (Wildman–Crippen MR) is 105 cm³/mol. The number of aromatic nitrogens is 2. The van der Waals surface area contributed by atoms with Crippen molar-refractivity contribution in [1.82, 2.24) is 9.59 Å². The Morgan fingerprint density at radius 2 is 2.00 bits per heavy atom. The lowest BCUT2D eigenvalue weighted by Crippen LogP contribution is -2.11. The third-order valence-electron chi connectivity index (χ3n) is 4.07. The van der Waals surface area contributed by atoms with Crippen LogP contribution in [0.4, 0.5) is 5.69 Å². The lowest BCUT2D eigenvalue weighted by atomic mass is 10.1. The molecule has 2 aromatic carbocycles. The average molecular weight is 367 g/mol. The molecule has 0 bridgehead atoms. The van der Waals surface area contributed by atoms with E-state index in [1.807, 2.05) is 36.4 Å². The van der Waals surface area contributed by atoms with Gasteiger partial charge in [0.05, 0.1) is 7.11 Å². The molecule has 0 unspecified atom stereocenters. The number of benzene rings is 2. The molecule has 0 aliphatic heterocycles. The van der Waals surface area contributed by atoms with Crippen molar-refractivity contribution in [3.63, 3.8) is 0 Å². The van der Waals surface area contributed by atoms with Crippen LogP contribution in [0, 0.1) is 0 Å². The highest BCUT2D eigenvalue weighted by Crippen LogP contribution is 2.27. The molecule has 0 fully saturated rings. The molecule has 1 heterocycles. The molecule has 134 valence electrons. The van der Waals surface area contributed by atoms with Crippen LogP contribution in [0.5, 0.6) is 5.75 Å². The Balaban J connectivity index is 1.76. The van der Waals surface area contributed by atoms with Crippen molar-refractivity contribution in [2.75, 3.05) is 12.4 Å². The number of methoxy groups -OCH3 is 1. The number of aryl methyl sites for hydroxylation is 1. The predicted octanol–water partition coefficient (Wildman–Crippen LogP) is 4.81. The first-order valence-electron chi connectivity index (χ1n) is 8.58. The number of hydrogen-bond acceptors (Lipinski definition) is 5. The summed E-state index contributed by atoms with van der Waals surface area (Å²) in [5.74, 6) is 0.503. The van der Waals surface area contributed by atoms with Crippen LogP contribution in [0.15, 0.2) is 48.5 Å². The summed E-state index contributed by atoms with van der Waals surface area (Å²) in [5, 5.41) is 7.05. The number of ether oxygens (including phenoxy) is 1. The molecule has 1 N–H and O–H groups in total. The Morgan fingerprint density at radius 3 is 2.73 bits per heavy atom. The van der Waals surface area contributed by atoms with Crippen molar-refractivity contribution in [2.24, 2.45) is 0 Å². The van der Waals surface area contributed by atoms with Gasteiger partial charge in [0.15, 0.2) is 0 Å². The molecule has 0 aliphatic carbocycles. The van der Waals surface area contributed by atoms with Crippen molar-refractivity contribution in [2.45, 2.75) is 26.2 Å².